The predicted molar refractivity (Wildman–Crippen MR) is 82.4 cm³/mol. The predicted octanol–water partition coefficient (Wildman–Crippen LogP) is 3.16. The lowest BCUT2D eigenvalue weighted by Gasteiger charge is -2.10. The first-order valence-corrected chi connectivity index (χ1v) is 8.28. The first-order valence-electron chi connectivity index (χ1n) is 7.16. The molecule has 1 fully saturated rings. The van der Waals surface area contributed by atoms with E-state index in [1.54, 1.807) is 13.0 Å². The van der Waals surface area contributed by atoms with Gasteiger partial charge in [0.05, 0.1) is 6.61 Å². The summed E-state index contributed by atoms with van der Waals surface area (Å²) in [7, 11) is 0. The number of carbonyl (C=O) groups excluding carboxylic acids is 2. The number of esters is 1. The topological polar surface area (TPSA) is 55.4 Å². The van der Waals surface area contributed by atoms with Crippen molar-refractivity contribution in [3.05, 3.63) is 11.8 Å². The molecular formula is C15H24BrNO3. The summed E-state index contributed by atoms with van der Waals surface area (Å²) in [6.07, 6.45) is 5.41. The van der Waals surface area contributed by atoms with Gasteiger partial charge in [-0.2, -0.15) is 0 Å². The Morgan fingerprint density at radius 3 is 2.55 bits per heavy atom. The highest BCUT2D eigenvalue weighted by molar-refractivity contribution is 9.09. The number of rotatable bonds is 8. The van der Waals surface area contributed by atoms with E-state index in [0.29, 0.717) is 6.61 Å². The van der Waals surface area contributed by atoms with E-state index in [9.17, 15) is 9.59 Å². The molecule has 0 aliphatic heterocycles. The Hall–Kier alpha value is -0.840. The average Bonchev–Trinajstić information content (AvgIpc) is 3.02. The second kappa shape index (κ2) is 7.81. The number of allylic oxidation sites excluding steroid dienone is 1. The Morgan fingerprint density at radius 1 is 1.40 bits per heavy atom. The second-order valence-electron chi connectivity index (χ2n) is 5.76. The molecule has 0 radical (unpaired) electrons. The van der Waals surface area contributed by atoms with Gasteiger partial charge < -0.3 is 10.1 Å². The second-order valence-corrected chi connectivity index (χ2v) is 6.55. The van der Waals surface area contributed by atoms with Crippen molar-refractivity contribution in [1.82, 2.24) is 5.32 Å². The molecule has 0 saturated heterocycles. The van der Waals surface area contributed by atoms with Gasteiger partial charge >= 0.3 is 5.97 Å². The molecule has 4 nitrogen and oxygen atoms in total. The number of alkyl halides is 1. The highest BCUT2D eigenvalue weighted by Crippen LogP contribution is 2.51. The zero-order valence-electron chi connectivity index (χ0n) is 12.5. The minimum absolute atomic E-state index is 0.00266. The number of hydrogen-bond donors (Lipinski definition) is 1. The maximum absolute atomic E-state index is 12.1. The van der Waals surface area contributed by atoms with Crippen LogP contribution in [0.4, 0.5) is 0 Å². The molecule has 1 amide bonds. The minimum Gasteiger partial charge on any atom is -0.461 e. The SMILES string of the molecule is CCOC(=O)C(=CCCCCBr)NC(=O)[C@H]1CC1(C)C. The molecule has 1 N–H and O–H groups in total. The number of carbonyl (C=O) groups is 2. The van der Waals surface area contributed by atoms with Crippen molar-refractivity contribution in [2.24, 2.45) is 11.3 Å². The molecule has 1 saturated carbocycles. The first kappa shape index (κ1) is 17.2. The van der Waals surface area contributed by atoms with Gasteiger partial charge in [0.2, 0.25) is 5.91 Å². The summed E-state index contributed by atoms with van der Waals surface area (Å²) >= 11 is 3.37. The van der Waals surface area contributed by atoms with E-state index in [0.717, 1.165) is 31.0 Å². The van der Waals surface area contributed by atoms with Gasteiger partial charge in [-0.1, -0.05) is 35.9 Å². The monoisotopic (exact) mass is 345 g/mol. The molecule has 0 aromatic carbocycles. The average molecular weight is 346 g/mol. The third kappa shape index (κ3) is 5.27. The fourth-order valence-corrected chi connectivity index (χ4v) is 2.41. The highest BCUT2D eigenvalue weighted by atomic mass is 79.9. The third-order valence-corrected chi connectivity index (χ3v) is 4.08. The van der Waals surface area contributed by atoms with Crippen LogP contribution in [0.15, 0.2) is 11.8 Å². The first-order chi connectivity index (χ1) is 9.42. The van der Waals surface area contributed by atoms with Crippen LogP contribution in [0.25, 0.3) is 0 Å². The van der Waals surface area contributed by atoms with E-state index in [1.807, 2.05) is 0 Å². The molecule has 1 rings (SSSR count). The van der Waals surface area contributed by atoms with Crippen molar-refractivity contribution in [3.8, 4) is 0 Å². The van der Waals surface area contributed by atoms with E-state index in [2.05, 4.69) is 35.1 Å². The Balaban J connectivity index is 2.58. The Kier molecular flexibility index (Phi) is 6.72. The molecule has 0 spiro atoms. The molecule has 0 aromatic heterocycles. The van der Waals surface area contributed by atoms with Crippen LogP contribution in [-0.4, -0.2) is 23.8 Å². The van der Waals surface area contributed by atoms with Crippen molar-refractivity contribution in [1.29, 1.82) is 0 Å². The normalized spacial score (nSPS) is 20.4. The van der Waals surface area contributed by atoms with Gasteiger partial charge in [-0.05, 0) is 38.0 Å². The fraction of sp³-hybridized carbons (Fsp3) is 0.733. The zero-order chi connectivity index (χ0) is 15.2. The van der Waals surface area contributed by atoms with Gasteiger partial charge in [0.1, 0.15) is 5.70 Å². The molecule has 0 bridgehead atoms. The lowest BCUT2D eigenvalue weighted by molar-refractivity contribution is -0.140. The summed E-state index contributed by atoms with van der Waals surface area (Å²) in [4.78, 5) is 23.9. The van der Waals surface area contributed by atoms with Crippen LogP contribution in [0.1, 0.15) is 46.5 Å². The largest absolute Gasteiger partial charge is 0.461 e. The minimum atomic E-state index is -0.446. The zero-order valence-corrected chi connectivity index (χ0v) is 14.1. The summed E-state index contributed by atoms with van der Waals surface area (Å²) in [5.74, 6) is -0.518. The van der Waals surface area contributed by atoms with Crippen LogP contribution < -0.4 is 5.32 Å². The molecule has 5 heteroatoms. The lowest BCUT2D eigenvalue weighted by Crippen LogP contribution is -2.30. The van der Waals surface area contributed by atoms with Crippen molar-refractivity contribution < 1.29 is 14.3 Å². The number of unbranched alkanes of at least 4 members (excludes halogenated alkanes) is 2. The molecule has 20 heavy (non-hydrogen) atoms. The number of amides is 1. The van der Waals surface area contributed by atoms with Crippen LogP contribution in [0.3, 0.4) is 0 Å². The van der Waals surface area contributed by atoms with Gasteiger partial charge in [-0.3, -0.25) is 4.79 Å². The van der Waals surface area contributed by atoms with Gasteiger partial charge in [0.25, 0.3) is 0 Å². The van der Waals surface area contributed by atoms with E-state index in [-0.39, 0.29) is 22.9 Å². The standard InChI is InChI=1S/C15H24BrNO3/c1-4-20-14(19)12(8-6-5-7-9-16)17-13(18)11-10-15(11,2)3/h8,11H,4-7,9-10H2,1-3H3,(H,17,18)/t11-/m1/s1. The smallest absolute Gasteiger partial charge is 0.354 e. The maximum Gasteiger partial charge on any atom is 0.354 e. The number of ether oxygens (including phenoxy) is 1. The molecule has 0 heterocycles. The summed E-state index contributed by atoms with van der Waals surface area (Å²) in [6, 6.07) is 0. The van der Waals surface area contributed by atoms with Gasteiger partial charge in [-0.15, -0.1) is 0 Å². The molecule has 0 unspecified atom stereocenters. The van der Waals surface area contributed by atoms with Crippen molar-refractivity contribution in [2.45, 2.75) is 46.5 Å². The van der Waals surface area contributed by atoms with E-state index >= 15 is 0 Å². The molecule has 114 valence electrons. The maximum atomic E-state index is 12.1. The Bertz CT molecular complexity index is 391. The van der Waals surface area contributed by atoms with Crippen molar-refractivity contribution in [3.63, 3.8) is 0 Å². The van der Waals surface area contributed by atoms with Crippen LogP contribution in [0.2, 0.25) is 0 Å². The van der Waals surface area contributed by atoms with Crippen molar-refractivity contribution >= 4 is 27.8 Å². The van der Waals surface area contributed by atoms with E-state index in [1.165, 1.54) is 0 Å². The van der Waals surface area contributed by atoms with Crippen molar-refractivity contribution in [2.75, 3.05) is 11.9 Å². The number of nitrogens with one attached hydrogen (secondary N) is 1. The van der Waals surface area contributed by atoms with E-state index in [4.69, 9.17) is 4.74 Å². The van der Waals surface area contributed by atoms with Gasteiger partial charge in [0, 0.05) is 11.2 Å². The van der Waals surface area contributed by atoms with Crippen LogP contribution in [-0.2, 0) is 14.3 Å². The molecule has 0 aromatic rings. The van der Waals surface area contributed by atoms with E-state index < -0.39 is 5.97 Å². The number of hydrogen-bond acceptors (Lipinski definition) is 3. The summed E-state index contributed by atoms with van der Waals surface area (Å²) in [6.45, 7) is 6.18. The highest BCUT2D eigenvalue weighted by Gasteiger charge is 2.50. The fourth-order valence-electron chi connectivity index (χ4n) is 2.01. The van der Waals surface area contributed by atoms with Gasteiger partial charge in [0.15, 0.2) is 0 Å². The lowest BCUT2D eigenvalue weighted by atomic mass is 10.1. The molecule has 1 aliphatic rings. The Morgan fingerprint density at radius 2 is 2.05 bits per heavy atom. The summed E-state index contributed by atoms with van der Waals surface area (Å²) in [5.41, 5.74) is 0.342. The summed E-state index contributed by atoms with van der Waals surface area (Å²) in [5, 5.41) is 3.67. The van der Waals surface area contributed by atoms with Gasteiger partial charge in [-0.25, -0.2) is 4.79 Å². The molecule has 1 aliphatic carbocycles. The number of halogens is 1. The summed E-state index contributed by atoms with van der Waals surface area (Å²) < 4.78 is 4.98. The van der Waals surface area contributed by atoms with Crippen LogP contribution in [0.5, 0.6) is 0 Å². The quantitative estimate of drug-likeness (QED) is 0.318. The van der Waals surface area contributed by atoms with Crippen LogP contribution in [0, 0.1) is 11.3 Å². The van der Waals surface area contributed by atoms with Crippen LogP contribution >= 0.6 is 15.9 Å². The Labute approximate surface area is 129 Å². The third-order valence-electron chi connectivity index (χ3n) is 3.52. The molecular weight excluding hydrogens is 322 g/mol. The molecule has 1 atom stereocenters.